The molecule has 2 heteroatoms. The topological polar surface area (TPSA) is 16.8 Å². The zero-order chi connectivity index (χ0) is 15.7. The summed E-state index contributed by atoms with van der Waals surface area (Å²) in [5.41, 5.74) is 8.56. The van der Waals surface area contributed by atoms with Crippen molar-refractivity contribution in [2.75, 3.05) is 0 Å². The third kappa shape index (κ3) is 2.52. The minimum Gasteiger partial charge on any atom is -0.261 e. The normalized spacial score (nSPS) is 10.7. The van der Waals surface area contributed by atoms with Crippen molar-refractivity contribution in [3.8, 4) is 22.4 Å². The van der Waals surface area contributed by atoms with Crippen LogP contribution in [0.5, 0.6) is 0 Å². The summed E-state index contributed by atoms with van der Waals surface area (Å²) in [7, 11) is 2.09. The molecule has 2 aromatic heterocycles. The molecule has 0 spiro atoms. The molecule has 0 atom stereocenters. The Hall–Kier alpha value is -2.48. The first-order valence-corrected chi connectivity index (χ1v) is 7.56. The van der Waals surface area contributed by atoms with Crippen LogP contribution in [0.4, 0.5) is 0 Å². The van der Waals surface area contributed by atoms with E-state index in [-0.39, 0.29) is 0 Å². The molecule has 0 radical (unpaired) electrons. The van der Waals surface area contributed by atoms with Crippen LogP contribution in [-0.2, 0) is 7.05 Å². The Labute approximate surface area is 132 Å². The molecule has 3 rings (SSSR count). The first-order chi connectivity index (χ1) is 10.6. The number of benzene rings is 1. The van der Waals surface area contributed by atoms with Crippen LogP contribution in [-0.4, -0.2) is 4.98 Å². The minimum absolute atomic E-state index is 1.07. The molecular formula is C20H21N2+. The van der Waals surface area contributed by atoms with Gasteiger partial charge in [0.2, 0.25) is 5.69 Å². The lowest BCUT2D eigenvalue weighted by molar-refractivity contribution is -0.660. The van der Waals surface area contributed by atoms with Gasteiger partial charge < -0.3 is 0 Å². The Bertz CT molecular complexity index is 815. The van der Waals surface area contributed by atoms with E-state index < -0.39 is 0 Å². The molecule has 0 saturated carbocycles. The fourth-order valence-corrected chi connectivity index (χ4v) is 2.96. The van der Waals surface area contributed by atoms with Crippen molar-refractivity contribution in [3.05, 3.63) is 71.7 Å². The van der Waals surface area contributed by atoms with Crippen molar-refractivity contribution in [3.63, 3.8) is 0 Å². The molecule has 0 saturated heterocycles. The van der Waals surface area contributed by atoms with E-state index in [0.717, 1.165) is 5.69 Å². The molecule has 0 bridgehead atoms. The number of rotatable bonds is 2. The van der Waals surface area contributed by atoms with Crippen molar-refractivity contribution in [2.24, 2.45) is 7.05 Å². The van der Waals surface area contributed by atoms with Gasteiger partial charge in [0, 0.05) is 18.3 Å². The maximum Gasteiger partial charge on any atom is 0.214 e. The van der Waals surface area contributed by atoms with Crippen molar-refractivity contribution < 1.29 is 4.57 Å². The van der Waals surface area contributed by atoms with E-state index in [4.69, 9.17) is 0 Å². The summed E-state index contributed by atoms with van der Waals surface area (Å²) in [5, 5.41) is 0. The fourth-order valence-electron chi connectivity index (χ4n) is 2.96. The molecule has 3 aromatic rings. The zero-order valence-corrected chi connectivity index (χ0v) is 13.6. The van der Waals surface area contributed by atoms with Crippen molar-refractivity contribution >= 4 is 0 Å². The molecular weight excluding hydrogens is 268 g/mol. The lowest BCUT2D eigenvalue weighted by Crippen LogP contribution is -2.30. The monoisotopic (exact) mass is 289 g/mol. The molecule has 0 unspecified atom stereocenters. The van der Waals surface area contributed by atoms with Crippen LogP contribution in [0.15, 0.2) is 54.9 Å². The molecule has 22 heavy (non-hydrogen) atoms. The molecule has 110 valence electrons. The maximum absolute atomic E-state index is 4.46. The first-order valence-electron chi connectivity index (χ1n) is 7.56. The second kappa shape index (κ2) is 5.72. The minimum atomic E-state index is 1.07. The molecule has 2 heterocycles. The number of aryl methyl sites for hydroxylation is 4. The average Bonchev–Trinajstić information content (AvgIpc) is 2.49. The predicted octanol–water partition coefficient (Wildman–Crippen LogP) is 4.17. The van der Waals surface area contributed by atoms with Crippen LogP contribution in [0.25, 0.3) is 22.4 Å². The summed E-state index contributed by atoms with van der Waals surface area (Å²) < 4.78 is 2.17. The second-order valence-electron chi connectivity index (χ2n) is 5.81. The average molecular weight is 289 g/mol. The largest absolute Gasteiger partial charge is 0.261 e. The van der Waals surface area contributed by atoms with Crippen LogP contribution in [0.2, 0.25) is 0 Å². The first kappa shape index (κ1) is 14.5. The van der Waals surface area contributed by atoms with Gasteiger partial charge in [-0.15, -0.1) is 0 Å². The van der Waals surface area contributed by atoms with Crippen LogP contribution >= 0.6 is 0 Å². The highest BCUT2D eigenvalue weighted by molar-refractivity contribution is 5.72. The van der Waals surface area contributed by atoms with Gasteiger partial charge in [-0.3, -0.25) is 4.98 Å². The van der Waals surface area contributed by atoms with Gasteiger partial charge in [-0.25, -0.2) is 4.57 Å². The quantitative estimate of drug-likeness (QED) is 0.647. The van der Waals surface area contributed by atoms with Crippen molar-refractivity contribution in [1.29, 1.82) is 0 Å². The van der Waals surface area contributed by atoms with E-state index in [1.54, 1.807) is 0 Å². The fraction of sp³-hybridized carbons (Fsp3) is 0.200. The molecule has 1 aromatic carbocycles. The zero-order valence-electron chi connectivity index (χ0n) is 13.6. The van der Waals surface area contributed by atoms with Crippen molar-refractivity contribution in [1.82, 2.24) is 4.98 Å². The molecule has 0 amide bonds. The van der Waals surface area contributed by atoms with E-state index in [2.05, 4.69) is 86.0 Å². The smallest absolute Gasteiger partial charge is 0.214 e. The summed E-state index contributed by atoms with van der Waals surface area (Å²) in [5.74, 6) is 0. The number of nitrogens with zero attached hydrogens (tertiary/aromatic N) is 2. The lowest BCUT2D eigenvalue weighted by atomic mass is 9.97. The van der Waals surface area contributed by atoms with Crippen LogP contribution < -0.4 is 4.57 Å². The molecule has 2 nitrogen and oxygen atoms in total. The Morgan fingerprint density at radius 2 is 1.68 bits per heavy atom. The van der Waals surface area contributed by atoms with Gasteiger partial charge in [-0.1, -0.05) is 24.3 Å². The highest BCUT2D eigenvalue weighted by Crippen LogP contribution is 2.28. The van der Waals surface area contributed by atoms with E-state index >= 15 is 0 Å². The van der Waals surface area contributed by atoms with E-state index in [9.17, 15) is 0 Å². The molecule has 0 aliphatic heterocycles. The van der Waals surface area contributed by atoms with Crippen LogP contribution in [0.3, 0.4) is 0 Å². The van der Waals surface area contributed by atoms with Gasteiger partial charge in [0.1, 0.15) is 7.05 Å². The molecule has 0 fully saturated rings. The SMILES string of the molecule is Cc1ccccc1-c1cc[n+](C)c(-c2c(C)ccnc2C)c1. The third-order valence-electron chi connectivity index (χ3n) is 4.21. The Morgan fingerprint density at radius 3 is 2.41 bits per heavy atom. The number of aromatic nitrogens is 2. The van der Waals surface area contributed by atoms with Crippen molar-refractivity contribution in [2.45, 2.75) is 20.8 Å². The highest BCUT2D eigenvalue weighted by atomic mass is 14.9. The van der Waals surface area contributed by atoms with E-state index in [0.29, 0.717) is 0 Å². The van der Waals surface area contributed by atoms with Gasteiger partial charge in [-0.05, 0) is 49.1 Å². The van der Waals surface area contributed by atoms with Gasteiger partial charge in [0.25, 0.3) is 0 Å². The highest BCUT2D eigenvalue weighted by Gasteiger charge is 2.17. The number of pyridine rings is 2. The Balaban J connectivity index is 2.22. The summed E-state index contributed by atoms with van der Waals surface area (Å²) in [4.78, 5) is 4.46. The van der Waals surface area contributed by atoms with Gasteiger partial charge in [-0.2, -0.15) is 0 Å². The summed E-state index contributed by atoms with van der Waals surface area (Å²) in [6.45, 7) is 6.37. The van der Waals surface area contributed by atoms with Gasteiger partial charge in [0.15, 0.2) is 6.20 Å². The predicted molar refractivity (Wildman–Crippen MR) is 90.5 cm³/mol. The summed E-state index contributed by atoms with van der Waals surface area (Å²) >= 11 is 0. The Morgan fingerprint density at radius 1 is 0.909 bits per heavy atom. The van der Waals surface area contributed by atoms with E-state index in [1.165, 1.54) is 33.5 Å². The van der Waals surface area contributed by atoms with E-state index in [1.807, 2.05) is 6.20 Å². The van der Waals surface area contributed by atoms with Crippen LogP contribution in [0, 0.1) is 20.8 Å². The second-order valence-corrected chi connectivity index (χ2v) is 5.81. The maximum atomic E-state index is 4.46. The number of hydrogen-bond donors (Lipinski definition) is 0. The van der Waals surface area contributed by atoms with Gasteiger partial charge >= 0.3 is 0 Å². The lowest BCUT2D eigenvalue weighted by Gasteiger charge is -2.10. The van der Waals surface area contributed by atoms with Gasteiger partial charge in [0.05, 0.1) is 11.3 Å². The summed E-state index contributed by atoms with van der Waals surface area (Å²) in [6.07, 6.45) is 4.00. The standard InChI is InChI=1S/C20H21N2/c1-14-7-5-6-8-18(14)17-10-12-22(4)19(13-17)20-15(2)9-11-21-16(20)3/h5-13H,1-4H3/q+1. The molecule has 0 aliphatic rings. The molecule has 0 aliphatic carbocycles. The molecule has 0 N–H and O–H groups in total. The summed E-state index contributed by atoms with van der Waals surface area (Å²) in [6, 6.07) is 15.0. The number of hydrogen-bond acceptors (Lipinski definition) is 1. The third-order valence-corrected chi connectivity index (χ3v) is 4.21. The van der Waals surface area contributed by atoms with Crippen LogP contribution in [0.1, 0.15) is 16.8 Å². The Kier molecular flexibility index (Phi) is 3.76.